The van der Waals surface area contributed by atoms with Crippen molar-refractivity contribution in [3.63, 3.8) is 0 Å². The molecule has 0 saturated carbocycles. The Hall–Kier alpha value is -1.40. The Morgan fingerprint density at radius 3 is 3.11 bits per heavy atom. The van der Waals surface area contributed by atoms with Gasteiger partial charge in [0.15, 0.2) is 5.65 Å². The molecule has 19 heavy (non-hydrogen) atoms. The molecular weight excluding hydrogens is 264 g/mol. The van der Waals surface area contributed by atoms with Crippen LogP contribution in [0.1, 0.15) is 12.8 Å². The summed E-state index contributed by atoms with van der Waals surface area (Å²) in [5, 5.41) is 8.00. The summed E-state index contributed by atoms with van der Waals surface area (Å²) in [7, 11) is 4.21. The molecule has 1 fully saturated rings. The molecule has 0 amide bonds. The molecule has 0 aliphatic carbocycles. The molecule has 7 heteroatoms. The summed E-state index contributed by atoms with van der Waals surface area (Å²) in [5.41, 5.74) is 0.682. The van der Waals surface area contributed by atoms with E-state index in [-0.39, 0.29) is 5.28 Å². The summed E-state index contributed by atoms with van der Waals surface area (Å²) in [6.07, 6.45) is 4.24. The van der Waals surface area contributed by atoms with E-state index in [1.165, 1.54) is 19.4 Å². The summed E-state index contributed by atoms with van der Waals surface area (Å²) in [5.74, 6) is 0.837. The first-order valence-corrected chi connectivity index (χ1v) is 6.81. The van der Waals surface area contributed by atoms with Gasteiger partial charge in [0, 0.05) is 19.6 Å². The number of halogens is 1. The third-order valence-corrected chi connectivity index (χ3v) is 3.95. The van der Waals surface area contributed by atoms with Gasteiger partial charge in [-0.2, -0.15) is 15.1 Å². The number of aromatic nitrogens is 4. The minimum Gasteiger partial charge on any atom is -0.357 e. The van der Waals surface area contributed by atoms with Gasteiger partial charge in [0.05, 0.1) is 11.6 Å². The number of likely N-dealkylation sites (N-methyl/N-ethyl adjacent to an activating group) is 2. The predicted molar refractivity (Wildman–Crippen MR) is 75.6 cm³/mol. The maximum Gasteiger partial charge on any atom is 0.226 e. The van der Waals surface area contributed by atoms with Crippen LogP contribution in [0.3, 0.4) is 0 Å². The molecule has 1 unspecified atom stereocenters. The number of nitrogens with one attached hydrogen (secondary N) is 1. The van der Waals surface area contributed by atoms with Gasteiger partial charge < -0.3 is 9.80 Å². The number of anilines is 1. The second kappa shape index (κ2) is 4.94. The van der Waals surface area contributed by atoms with Crippen LogP contribution in [0.4, 0.5) is 5.82 Å². The highest BCUT2D eigenvalue weighted by atomic mass is 35.5. The molecule has 102 valence electrons. The van der Waals surface area contributed by atoms with Crippen molar-refractivity contribution in [2.75, 3.05) is 32.1 Å². The highest BCUT2D eigenvalue weighted by molar-refractivity contribution is 6.28. The smallest absolute Gasteiger partial charge is 0.226 e. The molecule has 0 radical (unpaired) electrons. The molecule has 1 aliphatic rings. The first-order valence-electron chi connectivity index (χ1n) is 6.43. The molecule has 1 aliphatic heterocycles. The van der Waals surface area contributed by atoms with E-state index < -0.39 is 0 Å². The number of likely N-dealkylation sites (tertiary alicyclic amines) is 1. The number of H-pyrrole nitrogens is 1. The zero-order chi connectivity index (χ0) is 13.4. The molecule has 1 saturated heterocycles. The fourth-order valence-electron chi connectivity index (χ4n) is 2.70. The van der Waals surface area contributed by atoms with Crippen molar-refractivity contribution in [1.82, 2.24) is 25.1 Å². The van der Waals surface area contributed by atoms with Crippen molar-refractivity contribution in [2.24, 2.45) is 0 Å². The molecule has 0 aromatic carbocycles. The highest BCUT2D eigenvalue weighted by Crippen LogP contribution is 2.24. The van der Waals surface area contributed by atoms with Gasteiger partial charge in [-0.25, -0.2) is 0 Å². The summed E-state index contributed by atoms with van der Waals surface area (Å²) < 4.78 is 0. The van der Waals surface area contributed by atoms with Crippen LogP contribution in [0, 0.1) is 0 Å². The van der Waals surface area contributed by atoms with Crippen LogP contribution in [0.15, 0.2) is 6.20 Å². The molecule has 3 heterocycles. The van der Waals surface area contributed by atoms with E-state index in [9.17, 15) is 0 Å². The molecule has 1 atom stereocenters. The third-order valence-electron chi connectivity index (χ3n) is 3.78. The van der Waals surface area contributed by atoms with Crippen LogP contribution in [-0.2, 0) is 0 Å². The number of nitrogens with zero attached hydrogens (tertiary/aromatic N) is 5. The van der Waals surface area contributed by atoms with E-state index in [0.717, 1.165) is 17.7 Å². The van der Waals surface area contributed by atoms with Crippen LogP contribution < -0.4 is 4.90 Å². The quantitative estimate of drug-likeness (QED) is 0.864. The molecule has 2 aromatic rings. The Kier molecular flexibility index (Phi) is 3.28. The third kappa shape index (κ3) is 2.37. The van der Waals surface area contributed by atoms with Crippen molar-refractivity contribution in [3.05, 3.63) is 11.5 Å². The van der Waals surface area contributed by atoms with E-state index >= 15 is 0 Å². The average molecular weight is 281 g/mol. The average Bonchev–Trinajstić information content (AvgIpc) is 2.98. The Morgan fingerprint density at radius 2 is 2.37 bits per heavy atom. The van der Waals surface area contributed by atoms with Gasteiger partial charge in [0.25, 0.3) is 0 Å². The minimum atomic E-state index is 0.248. The monoisotopic (exact) mass is 280 g/mol. The summed E-state index contributed by atoms with van der Waals surface area (Å²) in [6, 6.07) is 0.570. The Labute approximate surface area is 116 Å². The van der Waals surface area contributed by atoms with Crippen LogP contribution in [0.5, 0.6) is 0 Å². The van der Waals surface area contributed by atoms with Crippen molar-refractivity contribution >= 4 is 28.5 Å². The van der Waals surface area contributed by atoms with Crippen molar-refractivity contribution in [1.29, 1.82) is 0 Å². The molecule has 1 N–H and O–H groups in total. The molecule has 6 nitrogen and oxygen atoms in total. The number of rotatable bonds is 3. The first kappa shape index (κ1) is 12.6. The topological polar surface area (TPSA) is 60.9 Å². The lowest BCUT2D eigenvalue weighted by atomic mass is 10.2. The first-order chi connectivity index (χ1) is 9.15. The fourth-order valence-corrected chi connectivity index (χ4v) is 2.86. The second-order valence-electron chi connectivity index (χ2n) is 5.11. The van der Waals surface area contributed by atoms with Gasteiger partial charge >= 0.3 is 0 Å². The molecule has 0 bridgehead atoms. The predicted octanol–water partition coefficient (Wildman–Crippen LogP) is 1.54. The van der Waals surface area contributed by atoms with Gasteiger partial charge in [0.1, 0.15) is 5.82 Å². The maximum atomic E-state index is 5.96. The van der Waals surface area contributed by atoms with Crippen LogP contribution in [0.2, 0.25) is 5.28 Å². The molecule has 2 aromatic heterocycles. The Balaban J connectivity index is 1.88. The summed E-state index contributed by atoms with van der Waals surface area (Å²) in [4.78, 5) is 13.0. The summed E-state index contributed by atoms with van der Waals surface area (Å²) >= 11 is 5.96. The zero-order valence-electron chi connectivity index (χ0n) is 11.1. The van der Waals surface area contributed by atoms with E-state index in [2.05, 4.69) is 37.0 Å². The number of aromatic amines is 1. The van der Waals surface area contributed by atoms with Crippen molar-refractivity contribution < 1.29 is 0 Å². The highest BCUT2D eigenvalue weighted by Gasteiger charge is 2.23. The number of fused-ring (bicyclic) bond motifs is 1. The van der Waals surface area contributed by atoms with Gasteiger partial charge in [-0.1, -0.05) is 0 Å². The maximum absolute atomic E-state index is 5.96. The van der Waals surface area contributed by atoms with Crippen LogP contribution >= 0.6 is 11.6 Å². The lowest BCUT2D eigenvalue weighted by Gasteiger charge is -2.26. The summed E-state index contributed by atoms with van der Waals surface area (Å²) in [6.45, 7) is 2.11. The molecular formula is C12H17ClN6. The SMILES string of the molecule is CN(CC1CCCN1C)c1nc(Cl)nc2[nH]ncc12. The number of hydrogen-bond acceptors (Lipinski definition) is 5. The van der Waals surface area contributed by atoms with Gasteiger partial charge in [-0.15, -0.1) is 0 Å². The van der Waals surface area contributed by atoms with Crippen LogP contribution in [0.25, 0.3) is 11.0 Å². The van der Waals surface area contributed by atoms with Gasteiger partial charge in [0.2, 0.25) is 5.28 Å². The minimum absolute atomic E-state index is 0.248. The normalized spacial score (nSPS) is 20.3. The standard InChI is InChI=1S/C12H17ClN6/c1-18-5-3-4-8(18)7-19(2)11-9-6-14-17-10(9)15-12(13)16-11/h6,8H,3-5,7H2,1-2H3,(H,14,15,16,17). The number of hydrogen-bond donors (Lipinski definition) is 1. The van der Waals surface area contributed by atoms with E-state index in [1.807, 2.05) is 7.05 Å². The lowest BCUT2D eigenvalue weighted by molar-refractivity contribution is 0.314. The van der Waals surface area contributed by atoms with Crippen molar-refractivity contribution in [3.8, 4) is 0 Å². The lowest BCUT2D eigenvalue weighted by Crippen LogP contribution is -2.37. The van der Waals surface area contributed by atoms with Crippen LogP contribution in [-0.4, -0.2) is 58.3 Å². The van der Waals surface area contributed by atoms with E-state index in [0.29, 0.717) is 11.7 Å². The molecule has 3 rings (SSSR count). The fraction of sp³-hybridized carbons (Fsp3) is 0.583. The second-order valence-corrected chi connectivity index (χ2v) is 5.44. The largest absolute Gasteiger partial charge is 0.357 e. The Bertz CT molecular complexity index is 583. The van der Waals surface area contributed by atoms with E-state index in [4.69, 9.17) is 11.6 Å². The van der Waals surface area contributed by atoms with Gasteiger partial charge in [-0.05, 0) is 38.0 Å². The van der Waals surface area contributed by atoms with Gasteiger partial charge in [-0.3, -0.25) is 5.10 Å². The zero-order valence-corrected chi connectivity index (χ0v) is 11.9. The Morgan fingerprint density at radius 1 is 1.53 bits per heavy atom. The van der Waals surface area contributed by atoms with Crippen molar-refractivity contribution in [2.45, 2.75) is 18.9 Å². The van der Waals surface area contributed by atoms with E-state index in [1.54, 1.807) is 6.20 Å². The molecule has 0 spiro atoms.